The number of halogens is 2. The van der Waals surface area contributed by atoms with Crippen LogP contribution in [0.25, 0.3) is 0 Å². The van der Waals surface area contributed by atoms with Gasteiger partial charge in [0, 0.05) is 16.6 Å². The second-order valence-corrected chi connectivity index (χ2v) is 6.25. The SMILES string of the molecule is FC(F)Sc1ccccc1NC1CCC[C@H]2C[C@@H]12. The number of benzene rings is 1. The molecule has 0 heterocycles. The molecule has 18 heavy (non-hydrogen) atoms. The van der Waals surface area contributed by atoms with Crippen LogP contribution in [0.5, 0.6) is 0 Å². The summed E-state index contributed by atoms with van der Waals surface area (Å²) in [7, 11) is 0. The number of alkyl halides is 2. The molecule has 0 spiro atoms. The van der Waals surface area contributed by atoms with E-state index < -0.39 is 5.76 Å². The Morgan fingerprint density at radius 1 is 1.22 bits per heavy atom. The van der Waals surface area contributed by atoms with E-state index >= 15 is 0 Å². The van der Waals surface area contributed by atoms with E-state index in [1.165, 1.54) is 25.7 Å². The normalized spacial score (nSPS) is 30.1. The van der Waals surface area contributed by atoms with Crippen molar-refractivity contribution in [2.75, 3.05) is 5.32 Å². The molecule has 0 bridgehead atoms. The zero-order chi connectivity index (χ0) is 12.5. The number of nitrogens with one attached hydrogen (secondary N) is 1. The molecule has 0 amide bonds. The minimum Gasteiger partial charge on any atom is -0.381 e. The summed E-state index contributed by atoms with van der Waals surface area (Å²) < 4.78 is 25.0. The largest absolute Gasteiger partial charge is 0.381 e. The van der Waals surface area contributed by atoms with Crippen molar-refractivity contribution in [3.63, 3.8) is 0 Å². The van der Waals surface area contributed by atoms with E-state index in [9.17, 15) is 8.78 Å². The predicted octanol–water partition coefficient (Wildman–Crippen LogP) is 4.60. The maximum Gasteiger partial charge on any atom is 0.288 e. The predicted molar refractivity (Wildman–Crippen MR) is 71.2 cm³/mol. The van der Waals surface area contributed by atoms with Crippen LogP contribution in [0.3, 0.4) is 0 Å². The molecule has 2 aliphatic rings. The summed E-state index contributed by atoms with van der Waals surface area (Å²) in [5.74, 6) is -0.678. The van der Waals surface area contributed by atoms with Crippen LogP contribution >= 0.6 is 11.8 Å². The number of thioether (sulfide) groups is 1. The van der Waals surface area contributed by atoms with E-state index in [1.807, 2.05) is 18.2 Å². The first-order valence-electron chi connectivity index (χ1n) is 6.54. The van der Waals surface area contributed by atoms with Crippen molar-refractivity contribution in [2.45, 2.75) is 42.4 Å². The number of fused-ring (bicyclic) bond motifs is 1. The second kappa shape index (κ2) is 5.08. The highest BCUT2D eigenvalue weighted by molar-refractivity contribution is 7.99. The Bertz CT molecular complexity index is 424. The first-order valence-corrected chi connectivity index (χ1v) is 7.42. The molecule has 3 atom stereocenters. The molecule has 4 heteroatoms. The Hall–Kier alpha value is -0.770. The molecule has 1 nitrogen and oxygen atoms in total. The van der Waals surface area contributed by atoms with E-state index in [2.05, 4.69) is 5.32 Å². The van der Waals surface area contributed by atoms with Crippen LogP contribution in [0.2, 0.25) is 0 Å². The molecule has 0 radical (unpaired) electrons. The van der Waals surface area contributed by atoms with Crippen molar-refractivity contribution >= 4 is 17.4 Å². The summed E-state index contributed by atoms with van der Waals surface area (Å²) >= 11 is 0.633. The van der Waals surface area contributed by atoms with Gasteiger partial charge in [-0.1, -0.05) is 36.7 Å². The quantitative estimate of drug-likeness (QED) is 0.802. The van der Waals surface area contributed by atoms with Crippen LogP contribution in [0.15, 0.2) is 29.2 Å². The lowest BCUT2D eigenvalue weighted by Gasteiger charge is -2.25. The van der Waals surface area contributed by atoms with Crippen molar-refractivity contribution < 1.29 is 8.78 Å². The molecule has 2 saturated carbocycles. The molecular formula is C14H17F2NS. The fourth-order valence-corrected chi connectivity index (χ4v) is 3.68. The zero-order valence-electron chi connectivity index (χ0n) is 10.1. The van der Waals surface area contributed by atoms with Gasteiger partial charge in [-0.2, -0.15) is 8.78 Å². The van der Waals surface area contributed by atoms with Crippen LogP contribution in [0.1, 0.15) is 25.7 Å². The Morgan fingerprint density at radius 2 is 2.06 bits per heavy atom. The number of hydrogen-bond donors (Lipinski definition) is 1. The molecule has 2 fully saturated rings. The van der Waals surface area contributed by atoms with Gasteiger partial charge in [-0.15, -0.1) is 0 Å². The van der Waals surface area contributed by atoms with Crippen LogP contribution < -0.4 is 5.32 Å². The van der Waals surface area contributed by atoms with Gasteiger partial charge in [-0.3, -0.25) is 0 Å². The average Bonchev–Trinajstić information content (AvgIpc) is 3.11. The maximum absolute atomic E-state index is 12.5. The fraction of sp³-hybridized carbons (Fsp3) is 0.571. The van der Waals surface area contributed by atoms with E-state index in [1.54, 1.807) is 6.07 Å². The lowest BCUT2D eigenvalue weighted by molar-refractivity contribution is 0.252. The summed E-state index contributed by atoms with van der Waals surface area (Å²) in [6.45, 7) is 0. The molecule has 1 unspecified atom stereocenters. The average molecular weight is 269 g/mol. The highest BCUT2D eigenvalue weighted by Gasteiger charge is 2.45. The van der Waals surface area contributed by atoms with Gasteiger partial charge < -0.3 is 5.32 Å². The van der Waals surface area contributed by atoms with Crippen LogP contribution in [0, 0.1) is 11.8 Å². The number of hydrogen-bond acceptors (Lipinski definition) is 2. The molecule has 98 valence electrons. The first-order chi connectivity index (χ1) is 8.74. The third-order valence-corrected chi connectivity index (χ3v) is 4.82. The van der Waals surface area contributed by atoms with E-state index in [0.29, 0.717) is 22.7 Å². The van der Waals surface area contributed by atoms with Crippen molar-refractivity contribution in [3.05, 3.63) is 24.3 Å². The fourth-order valence-electron chi connectivity index (χ4n) is 3.07. The van der Waals surface area contributed by atoms with Crippen molar-refractivity contribution in [3.8, 4) is 0 Å². The number of para-hydroxylation sites is 1. The number of rotatable bonds is 4. The van der Waals surface area contributed by atoms with Gasteiger partial charge in [-0.05, 0) is 36.8 Å². The highest BCUT2D eigenvalue weighted by Crippen LogP contribution is 2.50. The second-order valence-electron chi connectivity index (χ2n) is 5.22. The lowest BCUT2D eigenvalue weighted by Crippen LogP contribution is -2.25. The minimum absolute atomic E-state index is 0.489. The van der Waals surface area contributed by atoms with E-state index in [4.69, 9.17) is 0 Å². The molecule has 0 saturated heterocycles. The van der Waals surface area contributed by atoms with Crippen molar-refractivity contribution in [2.24, 2.45) is 11.8 Å². The number of anilines is 1. The Balaban J connectivity index is 1.71. The van der Waals surface area contributed by atoms with Crippen LogP contribution in [-0.4, -0.2) is 11.8 Å². The van der Waals surface area contributed by atoms with Gasteiger partial charge in [0.05, 0.1) is 0 Å². The van der Waals surface area contributed by atoms with Crippen LogP contribution in [-0.2, 0) is 0 Å². The first kappa shape index (κ1) is 12.3. The van der Waals surface area contributed by atoms with E-state index in [-0.39, 0.29) is 0 Å². The third-order valence-electron chi connectivity index (χ3n) is 4.03. The highest BCUT2D eigenvalue weighted by atomic mass is 32.2. The third kappa shape index (κ3) is 2.63. The smallest absolute Gasteiger partial charge is 0.288 e. The summed E-state index contributed by atoms with van der Waals surface area (Å²) in [4.78, 5) is 0.662. The summed E-state index contributed by atoms with van der Waals surface area (Å²) in [5.41, 5.74) is 0.875. The van der Waals surface area contributed by atoms with Crippen molar-refractivity contribution in [1.29, 1.82) is 0 Å². The monoisotopic (exact) mass is 269 g/mol. The standard InChI is InChI=1S/C14H17F2NS/c15-14(16)18-13-7-2-1-5-12(13)17-11-6-3-4-9-8-10(9)11/h1-2,5,7,9-11,14,17H,3-4,6,8H2/t9-,10+,11?/m0/s1. The Kier molecular flexibility index (Phi) is 3.46. The lowest BCUT2D eigenvalue weighted by atomic mass is 9.95. The zero-order valence-corrected chi connectivity index (χ0v) is 10.9. The van der Waals surface area contributed by atoms with Gasteiger partial charge in [0.1, 0.15) is 0 Å². The summed E-state index contributed by atoms with van der Waals surface area (Å²) in [5, 5.41) is 3.49. The molecule has 3 rings (SSSR count). The van der Waals surface area contributed by atoms with Crippen molar-refractivity contribution in [1.82, 2.24) is 0 Å². The molecule has 0 aromatic heterocycles. The van der Waals surface area contributed by atoms with Crippen LogP contribution in [0.4, 0.5) is 14.5 Å². The maximum atomic E-state index is 12.5. The minimum atomic E-state index is -2.35. The molecular weight excluding hydrogens is 252 g/mol. The van der Waals surface area contributed by atoms with E-state index in [0.717, 1.165) is 17.5 Å². The van der Waals surface area contributed by atoms with Gasteiger partial charge in [0.15, 0.2) is 0 Å². The topological polar surface area (TPSA) is 12.0 Å². The van der Waals surface area contributed by atoms with Gasteiger partial charge in [0.2, 0.25) is 0 Å². The summed E-state index contributed by atoms with van der Waals surface area (Å²) in [6, 6.07) is 7.90. The molecule has 1 N–H and O–H groups in total. The van der Waals surface area contributed by atoms with Gasteiger partial charge in [0.25, 0.3) is 5.76 Å². The van der Waals surface area contributed by atoms with Gasteiger partial charge >= 0.3 is 0 Å². The summed E-state index contributed by atoms with van der Waals surface area (Å²) in [6.07, 6.45) is 5.12. The molecule has 2 aliphatic carbocycles. The molecule has 1 aromatic rings. The Labute approximate surface area is 110 Å². The molecule has 1 aromatic carbocycles. The molecule has 0 aliphatic heterocycles. The Morgan fingerprint density at radius 3 is 2.89 bits per heavy atom. The van der Waals surface area contributed by atoms with Gasteiger partial charge in [-0.25, -0.2) is 0 Å².